The van der Waals surface area contributed by atoms with E-state index in [0.29, 0.717) is 11.3 Å². The summed E-state index contributed by atoms with van der Waals surface area (Å²) in [6.45, 7) is 6.75. The van der Waals surface area contributed by atoms with Crippen LogP contribution in [0.4, 0.5) is 0 Å². The minimum Gasteiger partial charge on any atom is -0.497 e. The molecule has 0 bridgehead atoms. The maximum absolute atomic E-state index is 5.44. The van der Waals surface area contributed by atoms with Crippen LogP contribution >= 0.6 is 0 Å². The molecule has 1 fully saturated rings. The molecule has 1 saturated carbocycles. The molecule has 1 aromatic rings. The Hall–Kier alpha value is -1.02. The average Bonchev–Trinajstić information content (AvgIpc) is 2.73. The van der Waals surface area contributed by atoms with Crippen LogP contribution in [0.1, 0.15) is 57.9 Å². The second-order valence-corrected chi connectivity index (χ2v) is 6.95. The van der Waals surface area contributed by atoms with Gasteiger partial charge in [0.05, 0.1) is 7.11 Å². The van der Waals surface area contributed by atoms with E-state index in [4.69, 9.17) is 4.74 Å². The fourth-order valence-electron chi connectivity index (χ4n) is 3.53. The van der Waals surface area contributed by atoms with Crippen LogP contribution in [-0.4, -0.2) is 20.2 Å². The van der Waals surface area contributed by atoms with Gasteiger partial charge in [-0.1, -0.05) is 51.7 Å². The van der Waals surface area contributed by atoms with E-state index in [1.54, 1.807) is 7.11 Å². The van der Waals surface area contributed by atoms with Gasteiger partial charge in [-0.15, -0.1) is 0 Å². The van der Waals surface area contributed by atoms with Crippen molar-refractivity contribution in [2.75, 3.05) is 20.2 Å². The van der Waals surface area contributed by atoms with Gasteiger partial charge in [-0.3, -0.25) is 0 Å². The molecular weight excluding hydrogens is 258 g/mol. The van der Waals surface area contributed by atoms with Gasteiger partial charge in [0, 0.05) is 12.0 Å². The summed E-state index contributed by atoms with van der Waals surface area (Å²) in [4.78, 5) is 0. The SMILES string of the molecule is COc1cccc(C2(CNCC(C)C)CCCCCC2)c1. The van der Waals surface area contributed by atoms with Crippen molar-refractivity contribution in [3.63, 3.8) is 0 Å². The normalized spacial score (nSPS) is 18.5. The average molecular weight is 289 g/mol. The number of ether oxygens (including phenoxy) is 1. The second-order valence-electron chi connectivity index (χ2n) is 6.95. The topological polar surface area (TPSA) is 21.3 Å². The predicted molar refractivity (Wildman–Crippen MR) is 90.1 cm³/mol. The fraction of sp³-hybridized carbons (Fsp3) is 0.684. The molecule has 0 atom stereocenters. The lowest BCUT2D eigenvalue weighted by Crippen LogP contribution is -2.39. The molecule has 0 saturated heterocycles. The zero-order valence-corrected chi connectivity index (χ0v) is 14.0. The summed E-state index contributed by atoms with van der Waals surface area (Å²) in [7, 11) is 1.76. The van der Waals surface area contributed by atoms with Crippen molar-refractivity contribution in [1.82, 2.24) is 5.32 Å². The third-order valence-corrected chi connectivity index (χ3v) is 4.76. The number of rotatable bonds is 6. The molecule has 1 aliphatic carbocycles. The zero-order valence-electron chi connectivity index (χ0n) is 14.0. The van der Waals surface area contributed by atoms with E-state index in [-0.39, 0.29) is 0 Å². The molecule has 0 aliphatic heterocycles. The third-order valence-electron chi connectivity index (χ3n) is 4.76. The maximum atomic E-state index is 5.44. The van der Waals surface area contributed by atoms with Gasteiger partial charge in [0.2, 0.25) is 0 Å². The molecule has 1 N–H and O–H groups in total. The van der Waals surface area contributed by atoms with E-state index in [0.717, 1.165) is 18.8 Å². The summed E-state index contributed by atoms with van der Waals surface area (Å²) in [6.07, 6.45) is 8.06. The van der Waals surface area contributed by atoms with E-state index < -0.39 is 0 Å². The van der Waals surface area contributed by atoms with Crippen molar-refractivity contribution in [3.8, 4) is 5.75 Å². The third kappa shape index (κ3) is 4.47. The lowest BCUT2D eigenvalue weighted by atomic mass is 9.74. The Morgan fingerprint density at radius 1 is 1.14 bits per heavy atom. The molecule has 2 heteroatoms. The highest BCUT2D eigenvalue weighted by molar-refractivity contribution is 5.34. The number of nitrogens with one attached hydrogen (secondary N) is 1. The van der Waals surface area contributed by atoms with Crippen LogP contribution < -0.4 is 10.1 Å². The van der Waals surface area contributed by atoms with Crippen LogP contribution in [0.3, 0.4) is 0 Å². The standard InChI is InChI=1S/C19H31NO/c1-16(2)14-20-15-19(11-6-4-5-7-12-19)17-9-8-10-18(13-17)21-3/h8-10,13,16,20H,4-7,11-12,14-15H2,1-3H3. The van der Waals surface area contributed by atoms with Gasteiger partial charge in [0.1, 0.15) is 5.75 Å². The van der Waals surface area contributed by atoms with Crippen molar-refractivity contribution in [2.24, 2.45) is 5.92 Å². The summed E-state index contributed by atoms with van der Waals surface area (Å²) in [5.74, 6) is 1.69. The van der Waals surface area contributed by atoms with Gasteiger partial charge >= 0.3 is 0 Å². The van der Waals surface area contributed by atoms with Crippen molar-refractivity contribution in [1.29, 1.82) is 0 Å². The van der Waals surface area contributed by atoms with Gasteiger partial charge in [0.25, 0.3) is 0 Å². The van der Waals surface area contributed by atoms with Gasteiger partial charge < -0.3 is 10.1 Å². The molecule has 0 aromatic heterocycles. The lowest BCUT2D eigenvalue weighted by Gasteiger charge is -2.34. The van der Waals surface area contributed by atoms with Crippen molar-refractivity contribution >= 4 is 0 Å². The first kappa shape index (κ1) is 16.4. The highest BCUT2D eigenvalue weighted by Crippen LogP contribution is 2.39. The Morgan fingerprint density at radius 2 is 1.86 bits per heavy atom. The summed E-state index contributed by atoms with van der Waals surface area (Å²) in [5, 5.41) is 3.72. The highest BCUT2D eigenvalue weighted by Gasteiger charge is 2.32. The largest absolute Gasteiger partial charge is 0.497 e. The molecule has 1 aromatic carbocycles. The van der Waals surface area contributed by atoms with Crippen LogP contribution in [0.5, 0.6) is 5.75 Å². The molecule has 0 amide bonds. The molecular formula is C19H31NO. The Labute approximate surface area is 130 Å². The fourth-order valence-corrected chi connectivity index (χ4v) is 3.53. The van der Waals surface area contributed by atoms with Gasteiger partial charge in [-0.05, 0) is 43.0 Å². The first-order chi connectivity index (χ1) is 10.2. The molecule has 0 radical (unpaired) electrons. The van der Waals surface area contributed by atoms with E-state index in [2.05, 4.69) is 43.4 Å². The van der Waals surface area contributed by atoms with Gasteiger partial charge in [-0.25, -0.2) is 0 Å². The van der Waals surface area contributed by atoms with Crippen LogP contribution in [0.2, 0.25) is 0 Å². The minimum atomic E-state index is 0.292. The van der Waals surface area contributed by atoms with Crippen molar-refractivity contribution < 1.29 is 4.74 Å². The molecule has 0 unspecified atom stereocenters. The van der Waals surface area contributed by atoms with Crippen LogP contribution in [-0.2, 0) is 5.41 Å². The summed E-state index contributed by atoms with van der Waals surface area (Å²) < 4.78 is 5.44. The van der Waals surface area contributed by atoms with Gasteiger partial charge in [-0.2, -0.15) is 0 Å². The van der Waals surface area contributed by atoms with Gasteiger partial charge in [0.15, 0.2) is 0 Å². The monoisotopic (exact) mass is 289 g/mol. The summed E-state index contributed by atoms with van der Waals surface area (Å²) in [6, 6.07) is 8.74. The number of methoxy groups -OCH3 is 1. The molecule has 2 nitrogen and oxygen atoms in total. The second kappa shape index (κ2) is 7.84. The Kier molecular flexibility index (Phi) is 6.10. The predicted octanol–water partition coefficient (Wildman–Crippen LogP) is 4.53. The Bertz CT molecular complexity index is 419. The number of hydrogen-bond donors (Lipinski definition) is 1. The number of benzene rings is 1. The zero-order chi connectivity index (χ0) is 15.1. The molecule has 1 aliphatic rings. The van der Waals surface area contributed by atoms with Crippen LogP contribution in [0.25, 0.3) is 0 Å². The smallest absolute Gasteiger partial charge is 0.119 e. The first-order valence-electron chi connectivity index (χ1n) is 8.51. The molecule has 21 heavy (non-hydrogen) atoms. The number of hydrogen-bond acceptors (Lipinski definition) is 2. The maximum Gasteiger partial charge on any atom is 0.119 e. The highest BCUT2D eigenvalue weighted by atomic mass is 16.5. The van der Waals surface area contributed by atoms with Crippen molar-refractivity contribution in [2.45, 2.75) is 57.8 Å². The van der Waals surface area contributed by atoms with E-state index in [9.17, 15) is 0 Å². The minimum absolute atomic E-state index is 0.292. The molecule has 0 heterocycles. The van der Waals surface area contributed by atoms with Crippen LogP contribution in [0, 0.1) is 5.92 Å². The van der Waals surface area contributed by atoms with E-state index in [1.807, 2.05) is 0 Å². The Morgan fingerprint density at radius 3 is 2.48 bits per heavy atom. The summed E-state index contributed by atoms with van der Waals surface area (Å²) >= 11 is 0. The molecule has 0 spiro atoms. The summed E-state index contributed by atoms with van der Waals surface area (Å²) in [5.41, 5.74) is 1.75. The van der Waals surface area contributed by atoms with Crippen LogP contribution in [0.15, 0.2) is 24.3 Å². The van der Waals surface area contributed by atoms with E-state index >= 15 is 0 Å². The van der Waals surface area contributed by atoms with Crippen molar-refractivity contribution in [3.05, 3.63) is 29.8 Å². The molecule has 118 valence electrons. The lowest BCUT2D eigenvalue weighted by molar-refractivity contribution is 0.337. The van der Waals surface area contributed by atoms with E-state index in [1.165, 1.54) is 44.1 Å². The quantitative estimate of drug-likeness (QED) is 0.777. The molecule has 2 rings (SSSR count). The Balaban J connectivity index is 2.20. The first-order valence-corrected chi connectivity index (χ1v) is 8.51.